The lowest BCUT2D eigenvalue weighted by molar-refractivity contribution is 0.312. The third kappa shape index (κ3) is 6.20. The topological polar surface area (TPSA) is 3.24 Å². The number of hydrogen-bond donors (Lipinski definition) is 0. The maximum Gasteiger partial charge on any atom is 0.0236 e. The number of rotatable bonds is 0. The van der Waals surface area contributed by atoms with Gasteiger partial charge in [0.05, 0.1) is 0 Å². The van der Waals surface area contributed by atoms with Gasteiger partial charge in [-0.15, -0.1) is 0 Å². The normalized spacial score (nSPS) is 12.7. The quantitative estimate of drug-likeness (QED) is 0.623. The molecule has 0 amide bonds. The summed E-state index contributed by atoms with van der Waals surface area (Å²) < 4.78 is 0. The van der Waals surface area contributed by atoms with E-state index in [0.717, 1.165) is 6.54 Å². The van der Waals surface area contributed by atoms with Gasteiger partial charge in [-0.25, -0.2) is 0 Å². The minimum absolute atomic E-state index is 1.13. The van der Waals surface area contributed by atoms with E-state index in [-0.39, 0.29) is 0 Å². The minimum atomic E-state index is 1.13. The minimum Gasteiger partial charge on any atom is -0.302 e. The van der Waals surface area contributed by atoms with E-state index in [0.29, 0.717) is 0 Å². The van der Waals surface area contributed by atoms with Gasteiger partial charge in [0.15, 0.2) is 0 Å². The molecular formula is C17H33N. The highest BCUT2D eigenvalue weighted by molar-refractivity contribution is 5.35. The van der Waals surface area contributed by atoms with Crippen LogP contribution < -0.4 is 0 Å². The Kier molecular flexibility index (Phi) is 13.7. The lowest BCUT2D eigenvalue weighted by Gasteiger charge is -2.26. The average molecular weight is 251 g/mol. The molecule has 2 rings (SSSR count). The zero-order valence-corrected chi connectivity index (χ0v) is 13.8. The molecule has 0 saturated carbocycles. The number of likely N-dealkylation sites (N-methyl/N-ethyl adjacent to an activating group) is 1. The zero-order chi connectivity index (χ0) is 14.6. The van der Waals surface area contributed by atoms with E-state index in [1.165, 1.54) is 18.5 Å². The van der Waals surface area contributed by atoms with Gasteiger partial charge in [-0.1, -0.05) is 59.7 Å². The summed E-state index contributed by atoms with van der Waals surface area (Å²) in [6.45, 7) is 16.5. The van der Waals surface area contributed by atoms with Crippen LogP contribution in [0, 0.1) is 6.92 Å². The summed E-state index contributed by atoms with van der Waals surface area (Å²) in [5.41, 5.74) is 4.54. The van der Waals surface area contributed by atoms with E-state index in [9.17, 15) is 0 Å². The van der Waals surface area contributed by atoms with Gasteiger partial charge in [-0.05, 0) is 37.1 Å². The van der Waals surface area contributed by atoms with Crippen LogP contribution >= 0.6 is 0 Å². The van der Waals surface area contributed by atoms with Gasteiger partial charge < -0.3 is 4.90 Å². The van der Waals surface area contributed by atoms with Crippen LogP contribution in [0.15, 0.2) is 18.2 Å². The molecule has 18 heavy (non-hydrogen) atoms. The van der Waals surface area contributed by atoms with Gasteiger partial charge >= 0.3 is 0 Å². The molecule has 0 N–H and O–H groups in total. The number of fused-ring (bicyclic) bond motifs is 1. The summed E-state index contributed by atoms with van der Waals surface area (Å²) in [4.78, 5) is 2.38. The number of nitrogens with zero attached hydrogens (tertiary/aromatic N) is 1. The molecule has 0 fully saturated rings. The van der Waals surface area contributed by atoms with Crippen molar-refractivity contribution < 1.29 is 0 Å². The Labute approximate surface area is 115 Å². The number of aryl methyl sites for hydroxylation is 1. The molecule has 1 nitrogen and oxygen atoms in total. The first kappa shape index (κ1) is 19.5. The fraction of sp³-hybridized carbons (Fsp3) is 0.647. The standard InChI is InChI=1S/C11H15N.3C2H6/c1-9-4-3-5-10-6-7-12(2)8-11(9)10;3*1-2/h3-5H,6-8H2,1-2H3;3*1-2H3. The number of benzene rings is 1. The molecule has 0 spiro atoms. The summed E-state index contributed by atoms with van der Waals surface area (Å²) in [5.74, 6) is 0. The fourth-order valence-corrected chi connectivity index (χ4v) is 1.88. The average Bonchev–Trinajstić information content (AvgIpc) is 2.46. The van der Waals surface area contributed by atoms with Crippen LogP contribution in [-0.2, 0) is 13.0 Å². The number of hydrogen-bond acceptors (Lipinski definition) is 1. The first-order valence-corrected chi connectivity index (χ1v) is 7.53. The van der Waals surface area contributed by atoms with Crippen LogP contribution in [0.5, 0.6) is 0 Å². The molecule has 1 heteroatoms. The first-order valence-electron chi connectivity index (χ1n) is 7.53. The van der Waals surface area contributed by atoms with Crippen molar-refractivity contribution in [2.45, 2.75) is 61.4 Å². The second-order valence-corrected chi connectivity index (χ2v) is 3.70. The monoisotopic (exact) mass is 251 g/mol. The van der Waals surface area contributed by atoms with Crippen LogP contribution in [0.1, 0.15) is 58.2 Å². The summed E-state index contributed by atoms with van der Waals surface area (Å²) in [7, 11) is 2.19. The van der Waals surface area contributed by atoms with Crippen molar-refractivity contribution in [1.82, 2.24) is 4.90 Å². The van der Waals surface area contributed by atoms with Gasteiger partial charge in [-0.3, -0.25) is 0 Å². The highest BCUT2D eigenvalue weighted by atomic mass is 15.1. The van der Waals surface area contributed by atoms with Gasteiger partial charge in [-0.2, -0.15) is 0 Å². The largest absolute Gasteiger partial charge is 0.302 e. The van der Waals surface area contributed by atoms with E-state index in [1.54, 1.807) is 11.1 Å². The molecule has 0 radical (unpaired) electrons. The van der Waals surface area contributed by atoms with Crippen molar-refractivity contribution in [3.05, 3.63) is 34.9 Å². The van der Waals surface area contributed by atoms with E-state index in [2.05, 4.69) is 37.1 Å². The van der Waals surface area contributed by atoms with Crippen LogP contribution in [-0.4, -0.2) is 18.5 Å². The molecule has 1 aromatic carbocycles. The predicted molar refractivity (Wildman–Crippen MR) is 85.3 cm³/mol. The molecule has 0 aromatic heterocycles. The Morgan fingerprint density at radius 2 is 1.50 bits per heavy atom. The summed E-state index contributed by atoms with van der Waals surface area (Å²) in [6, 6.07) is 6.63. The lowest BCUT2D eigenvalue weighted by Crippen LogP contribution is -2.27. The van der Waals surface area contributed by atoms with Crippen LogP contribution in [0.2, 0.25) is 0 Å². The summed E-state index contributed by atoms with van der Waals surface area (Å²) in [5, 5.41) is 0. The van der Waals surface area contributed by atoms with Crippen molar-refractivity contribution >= 4 is 0 Å². The highest BCUT2D eigenvalue weighted by Crippen LogP contribution is 2.20. The maximum atomic E-state index is 2.38. The Hall–Kier alpha value is -0.820. The van der Waals surface area contributed by atoms with E-state index in [4.69, 9.17) is 0 Å². The molecule has 106 valence electrons. The molecule has 0 unspecified atom stereocenters. The van der Waals surface area contributed by atoms with Crippen LogP contribution in [0.3, 0.4) is 0 Å². The van der Waals surface area contributed by atoms with Crippen LogP contribution in [0.25, 0.3) is 0 Å². The third-order valence-corrected chi connectivity index (χ3v) is 2.70. The van der Waals surface area contributed by atoms with Gasteiger partial charge in [0.1, 0.15) is 0 Å². The third-order valence-electron chi connectivity index (χ3n) is 2.70. The molecule has 1 aliphatic rings. The molecular weight excluding hydrogens is 218 g/mol. The molecule has 1 aromatic rings. The SMILES string of the molecule is CC.CC.CC.Cc1cccc2c1CN(C)CC2. The second-order valence-electron chi connectivity index (χ2n) is 3.70. The van der Waals surface area contributed by atoms with Crippen molar-refractivity contribution in [2.24, 2.45) is 0 Å². The molecule has 0 atom stereocenters. The smallest absolute Gasteiger partial charge is 0.0236 e. The van der Waals surface area contributed by atoms with Crippen molar-refractivity contribution in [1.29, 1.82) is 0 Å². The molecule has 1 aliphatic heterocycles. The predicted octanol–water partition coefficient (Wildman–Crippen LogP) is 5.06. The molecule has 0 aliphatic carbocycles. The Bertz CT molecular complexity index is 292. The van der Waals surface area contributed by atoms with Gasteiger partial charge in [0.2, 0.25) is 0 Å². The lowest BCUT2D eigenvalue weighted by atomic mass is 9.96. The van der Waals surface area contributed by atoms with Crippen LogP contribution in [0.4, 0.5) is 0 Å². The Morgan fingerprint density at radius 3 is 2.06 bits per heavy atom. The molecule has 0 saturated heterocycles. The zero-order valence-electron chi connectivity index (χ0n) is 13.8. The van der Waals surface area contributed by atoms with Crippen molar-refractivity contribution in [2.75, 3.05) is 13.6 Å². The summed E-state index contributed by atoms with van der Waals surface area (Å²) >= 11 is 0. The maximum absolute atomic E-state index is 2.38. The Balaban J connectivity index is 0. The van der Waals surface area contributed by atoms with E-state index in [1.807, 2.05) is 41.5 Å². The molecule has 0 bridgehead atoms. The second kappa shape index (κ2) is 12.6. The first-order chi connectivity index (χ1) is 8.77. The van der Waals surface area contributed by atoms with E-state index < -0.39 is 0 Å². The highest BCUT2D eigenvalue weighted by Gasteiger charge is 2.13. The van der Waals surface area contributed by atoms with Gasteiger partial charge in [0.25, 0.3) is 0 Å². The fourth-order valence-electron chi connectivity index (χ4n) is 1.88. The van der Waals surface area contributed by atoms with Crippen molar-refractivity contribution in [3.63, 3.8) is 0 Å². The Morgan fingerprint density at radius 1 is 0.944 bits per heavy atom. The summed E-state index contributed by atoms with van der Waals surface area (Å²) in [6.07, 6.45) is 1.22. The molecule has 1 heterocycles. The van der Waals surface area contributed by atoms with Crippen molar-refractivity contribution in [3.8, 4) is 0 Å². The van der Waals surface area contributed by atoms with Gasteiger partial charge in [0, 0.05) is 13.1 Å². The van der Waals surface area contributed by atoms with E-state index >= 15 is 0 Å².